The van der Waals surface area contributed by atoms with Crippen molar-refractivity contribution in [2.24, 2.45) is 0 Å². The molecule has 0 aliphatic rings. The number of halogens is 1. The van der Waals surface area contributed by atoms with Gasteiger partial charge in [0.15, 0.2) is 6.10 Å². The van der Waals surface area contributed by atoms with Gasteiger partial charge in [-0.3, -0.25) is 4.79 Å². The van der Waals surface area contributed by atoms with Crippen LogP contribution in [0.1, 0.15) is 24.5 Å². The lowest BCUT2D eigenvalue weighted by molar-refractivity contribution is -0.127. The summed E-state index contributed by atoms with van der Waals surface area (Å²) < 4.78 is 5.75. The Kier molecular flexibility index (Phi) is 8.16. The van der Waals surface area contributed by atoms with E-state index in [2.05, 4.69) is 36.5 Å². The third-order valence-electron chi connectivity index (χ3n) is 3.80. The second kappa shape index (κ2) is 10.4. The molecule has 0 fully saturated rings. The van der Waals surface area contributed by atoms with Gasteiger partial charge in [-0.15, -0.1) is 0 Å². The Morgan fingerprint density at radius 1 is 1.24 bits per heavy atom. The summed E-state index contributed by atoms with van der Waals surface area (Å²) >= 11 is 7.76. The summed E-state index contributed by atoms with van der Waals surface area (Å²) in [6.45, 7) is 4.68. The van der Waals surface area contributed by atoms with Gasteiger partial charge < -0.3 is 10.1 Å². The number of nitrogens with one attached hydrogen (secondary N) is 1. The van der Waals surface area contributed by atoms with E-state index in [4.69, 9.17) is 16.3 Å². The van der Waals surface area contributed by atoms with Crippen LogP contribution in [-0.4, -0.2) is 24.3 Å². The fourth-order valence-electron chi connectivity index (χ4n) is 2.34. The standard InChI is InChI=1S/C20H24ClNO2S/c1-3-19(24-18-10-6-9-17(21)13-18)20(23)22-11-12-25-14-16-8-5-4-7-15(16)2/h4-10,13,19H,3,11-12,14H2,1-2H3,(H,22,23)/t19-/m1/s1. The first-order chi connectivity index (χ1) is 12.1. The molecule has 134 valence electrons. The predicted molar refractivity (Wildman–Crippen MR) is 107 cm³/mol. The van der Waals surface area contributed by atoms with E-state index >= 15 is 0 Å². The highest BCUT2D eigenvalue weighted by Gasteiger charge is 2.17. The molecule has 0 bridgehead atoms. The third kappa shape index (κ3) is 6.63. The number of amides is 1. The highest BCUT2D eigenvalue weighted by molar-refractivity contribution is 7.98. The molecule has 2 rings (SSSR count). The van der Waals surface area contributed by atoms with Crippen molar-refractivity contribution in [3.63, 3.8) is 0 Å². The second-order valence-electron chi connectivity index (χ2n) is 5.74. The van der Waals surface area contributed by atoms with E-state index in [0.717, 1.165) is 11.5 Å². The van der Waals surface area contributed by atoms with Crippen LogP contribution in [0.15, 0.2) is 48.5 Å². The molecule has 0 aromatic heterocycles. The third-order valence-corrected chi connectivity index (χ3v) is 5.05. The van der Waals surface area contributed by atoms with Crippen LogP contribution in [0.3, 0.4) is 0 Å². The van der Waals surface area contributed by atoms with Crippen LogP contribution in [0.5, 0.6) is 5.75 Å². The summed E-state index contributed by atoms with van der Waals surface area (Å²) in [6, 6.07) is 15.5. The van der Waals surface area contributed by atoms with Crippen molar-refractivity contribution in [2.75, 3.05) is 12.3 Å². The summed E-state index contributed by atoms with van der Waals surface area (Å²) in [5.41, 5.74) is 2.65. The second-order valence-corrected chi connectivity index (χ2v) is 7.28. The molecule has 0 saturated carbocycles. The fourth-order valence-corrected chi connectivity index (χ4v) is 3.46. The molecule has 5 heteroatoms. The Morgan fingerprint density at radius 2 is 2.04 bits per heavy atom. The lowest BCUT2D eigenvalue weighted by atomic mass is 10.1. The quantitative estimate of drug-likeness (QED) is 0.634. The molecule has 25 heavy (non-hydrogen) atoms. The van der Waals surface area contributed by atoms with Crippen LogP contribution in [-0.2, 0) is 10.5 Å². The van der Waals surface area contributed by atoms with Crippen LogP contribution in [0.25, 0.3) is 0 Å². The minimum Gasteiger partial charge on any atom is -0.481 e. The molecular weight excluding hydrogens is 354 g/mol. The molecule has 0 heterocycles. The van der Waals surface area contributed by atoms with Gasteiger partial charge in [0.25, 0.3) is 5.91 Å². The van der Waals surface area contributed by atoms with Gasteiger partial charge in [0.1, 0.15) is 5.75 Å². The number of thioether (sulfide) groups is 1. The molecule has 0 spiro atoms. The van der Waals surface area contributed by atoms with Crippen molar-refractivity contribution >= 4 is 29.3 Å². The topological polar surface area (TPSA) is 38.3 Å². The first kappa shape index (κ1) is 19.7. The monoisotopic (exact) mass is 377 g/mol. The van der Waals surface area contributed by atoms with Crippen molar-refractivity contribution in [3.05, 3.63) is 64.7 Å². The Morgan fingerprint density at radius 3 is 2.76 bits per heavy atom. The maximum atomic E-state index is 12.3. The van der Waals surface area contributed by atoms with E-state index in [1.54, 1.807) is 18.2 Å². The van der Waals surface area contributed by atoms with Gasteiger partial charge in [-0.05, 0) is 42.7 Å². The number of hydrogen-bond acceptors (Lipinski definition) is 3. The lowest BCUT2D eigenvalue weighted by Crippen LogP contribution is -2.39. The Labute approximate surface area is 159 Å². The van der Waals surface area contributed by atoms with Crippen LogP contribution >= 0.6 is 23.4 Å². The van der Waals surface area contributed by atoms with Crippen LogP contribution in [0.4, 0.5) is 0 Å². The average molecular weight is 378 g/mol. The molecule has 1 atom stereocenters. The van der Waals surface area contributed by atoms with Gasteiger partial charge in [-0.1, -0.05) is 48.9 Å². The van der Waals surface area contributed by atoms with Gasteiger partial charge in [-0.2, -0.15) is 11.8 Å². The van der Waals surface area contributed by atoms with Gasteiger partial charge in [0.05, 0.1) is 0 Å². The minimum absolute atomic E-state index is 0.0843. The Balaban J connectivity index is 1.72. The van der Waals surface area contributed by atoms with E-state index in [0.29, 0.717) is 23.7 Å². The van der Waals surface area contributed by atoms with Crippen LogP contribution in [0.2, 0.25) is 5.02 Å². The van der Waals surface area contributed by atoms with E-state index in [1.165, 1.54) is 11.1 Å². The van der Waals surface area contributed by atoms with Crippen molar-refractivity contribution in [1.82, 2.24) is 5.32 Å². The van der Waals surface area contributed by atoms with Gasteiger partial charge in [0.2, 0.25) is 0 Å². The smallest absolute Gasteiger partial charge is 0.261 e. The van der Waals surface area contributed by atoms with Crippen LogP contribution < -0.4 is 10.1 Å². The summed E-state index contributed by atoms with van der Waals surface area (Å²) in [6.07, 6.45) is 0.106. The van der Waals surface area contributed by atoms with Crippen LogP contribution in [0, 0.1) is 6.92 Å². The molecule has 3 nitrogen and oxygen atoms in total. The maximum Gasteiger partial charge on any atom is 0.261 e. The van der Waals surface area contributed by atoms with E-state index in [-0.39, 0.29) is 5.91 Å². The van der Waals surface area contributed by atoms with Crippen molar-refractivity contribution in [2.45, 2.75) is 32.1 Å². The molecule has 0 aliphatic carbocycles. The average Bonchev–Trinajstić information content (AvgIpc) is 2.60. The van der Waals surface area contributed by atoms with Gasteiger partial charge in [0, 0.05) is 23.1 Å². The largest absolute Gasteiger partial charge is 0.481 e. The predicted octanol–water partition coefficient (Wildman–Crippen LogP) is 4.86. The van der Waals surface area contributed by atoms with E-state index in [9.17, 15) is 4.79 Å². The normalized spacial score (nSPS) is 11.8. The van der Waals surface area contributed by atoms with Crippen molar-refractivity contribution in [1.29, 1.82) is 0 Å². The summed E-state index contributed by atoms with van der Waals surface area (Å²) in [4.78, 5) is 12.3. The summed E-state index contributed by atoms with van der Waals surface area (Å²) in [5, 5.41) is 3.55. The molecular formula is C20H24ClNO2S. The molecule has 2 aromatic carbocycles. The maximum absolute atomic E-state index is 12.3. The zero-order valence-corrected chi connectivity index (χ0v) is 16.2. The number of carbonyl (C=O) groups is 1. The molecule has 0 saturated heterocycles. The number of carbonyl (C=O) groups excluding carboxylic acids is 1. The number of ether oxygens (including phenoxy) is 1. The van der Waals surface area contributed by atoms with Crippen molar-refractivity contribution < 1.29 is 9.53 Å². The SMILES string of the molecule is CC[C@@H](Oc1cccc(Cl)c1)C(=O)NCCSCc1ccccc1C. The van der Waals surface area contributed by atoms with Gasteiger partial charge >= 0.3 is 0 Å². The van der Waals surface area contributed by atoms with Gasteiger partial charge in [-0.25, -0.2) is 0 Å². The zero-order valence-electron chi connectivity index (χ0n) is 14.6. The number of hydrogen-bond donors (Lipinski definition) is 1. The number of rotatable bonds is 9. The minimum atomic E-state index is -0.500. The lowest BCUT2D eigenvalue weighted by Gasteiger charge is -2.17. The van der Waals surface area contributed by atoms with E-state index < -0.39 is 6.10 Å². The van der Waals surface area contributed by atoms with Crippen molar-refractivity contribution in [3.8, 4) is 5.75 Å². The highest BCUT2D eigenvalue weighted by atomic mass is 35.5. The Bertz CT molecular complexity index is 693. The summed E-state index contributed by atoms with van der Waals surface area (Å²) in [5.74, 6) is 2.36. The molecule has 0 aliphatic heterocycles. The number of benzene rings is 2. The molecule has 0 unspecified atom stereocenters. The molecule has 2 aromatic rings. The number of aryl methyl sites for hydroxylation is 1. The first-order valence-corrected chi connectivity index (χ1v) is 9.95. The van der Waals surface area contributed by atoms with E-state index in [1.807, 2.05) is 24.8 Å². The molecule has 1 N–H and O–H groups in total. The first-order valence-electron chi connectivity index (χ1n) is 8.42. The zero-order chi connectivity index (χ0) is 18.1. The molecule has 0 radical (unpaired) electrons. The Hall–Kier alpha value is -1.65. The summed E-state index contributed by atoms with van der Waals surface area (Å²) in [7, 11) is 0. The fraction of sp³-hybridized carbons (Fsp3) is 0.350. The highest BCUT2D eigenvalue weighted by Crippen LogP contribution is 2.19. The molecule has 1 amide bonds.